The third-order valence-corrected chi connectivity index (χ3v) is 3.28. The third kappa shape index (κ3) is 2.92. The molecule has 94 valence electrons. The van der Waals surface area contributed by atoms with Crippen LogP contribution in [0.1, 0.15) is 17.8 Å². The van der Waals surface area contributed by atoms with E-state index in [1.165, 1.54) is 4.80 Å². The minimum absolute atomic E-state index is 0.00502. The van der Waals surface area contributed by atoms with Gasteiger partial charge in [-0.05, 0) is 35.9 Å². The Labute approximate surface area is 112 Å². The van der Waals surface area contributed by atoms with E-state index >= 15 is 0 Å². The van der Waals surface area contributed by atoms with E-state index in [0.717, 1.165) is 15.7 Å². The molecule has 7 heteroatoms. The van der Waals surface area contributed by atoms with Crippen molar-refractivity contribution < 1.29 is 9.90 Å². The van der Waals surface area contributed by atoms with Crippen LogP contribution in [-0.4, -0.2) is 31.3 Å². The first-order valence-electron chi connectivity index (χ1n) is 5.33. The quantitative estimate of drug-likeness (QED) is 0.930. The van der Waals surface area contributed by atoms with Gasteiger partial charge in [0, 0.05) is 10.9 Å². The van der Waals surface area contributed by atoms with Crippen LogP contribution in [0.15, 0.2) is 22.7 Å². The van der Waals surface area contributed by atoms with E-state index in [-0.39, 0.29) is 12.8 Å². The molecule has 0 unspecified atom stereocenters. The van der Waals surface area contributed by atoms with Crippen LogP contribution in [0.25, 0.3) is 5.69 Å². The number of hydrogen-bond acceptors (Lipinski definition) is 4. The Bertz CT molecular complexity index is 582. The van der Waals surface area contributed by atoms with E-state index in [0.29, 0.717) is 5.82 Å². The van der Waals surface area contributed by atoms with E-state index in [2.05, 4.69) is 31.3 Å². The first kappa shape index (κ1) is 12.7. The Balaban J connectivity index is 2.18. The lowest BCUT2D eigenvalue weighted by Gasteiger charge is -2.01. The van der Waals surface area contributed by atoms with E-state index in [1.54, 1.807) is 0 Å². The molecule has 0 spiro atoms. The van der Waals surface area contributed by atoms with E-state index in [4.69, 9.17) is 5.11 Å². The third-order valence-electron chi connectivity index (χ3n) is 2.39. The predicted molar refractivity (Wildman–Crippen MR) is 67.5 cm³/mol. The minimum atomic E-state index is -0.870. The smallest absolute Gasteiger partial charge is 0.303 e. The van der Waals surface area contributed by atoms with Crippen molar-refractivity contribution in [2.24, 2.45) is 0 Å². The molecule has 1 aromatic heterocycles. The summed E-state index contributed by atoms with van der Waals surface area (Å²) >= 11 is 3.42. The number of benzene rings is 1. The number of carbonyl (C=O) groups is 1. The van der Waals surface area contributed by atoms with Crippen LogP contribution in [0, 0.1) is 6.92 Å². The van der Waals surface area contributed by atoms with Crippen molar-refractivity contribution in [3.63, 3.8) is 0 Å². The number of aliphatic carboxylic acids is 1. The molecule has 0 aliphatic heterocycles. The van der Waals surface area contributed by atoms with Crippen molar-refractivity contribution >= 4 is 21.9 Å². The molecule has 1 aromatic carbocycles. The van der Waals surface area contributed by atoms with Crippen molar-refractivity contribution in [1.82, 2.24) is 20.2 Å². The zero-order chi connectivity index (χ0) is 13.1. The van der Waals surface area contributed by atoms with Crippen molar-refractivity contribution in [3.05, 3.63) is 34.1 Å². The summed E-state index contributed by atoms with van der Waals surface area (Å²) in [4.78, 5) is 11.8. The molecule has 0 saturated carbocycles. The minimum Gasteiger partial charge on any atom is -0.481 e. The summed E-state index contributed by atoms with van der Waals surface area (Å²) in [5, 5.41) is 20.4. The molecule has 0 aliphatic carbocycles. The average molecular weight is 311 g/mol. The van der Waals surface area contributed by atoms with Crippen molar-refractivity contribution in [2.45, 2.75) is 19.8 Å². The Hall–Kier alpha value is -1.76. The first-order chi connectivity index (χ1) is 8.56. The van der Waals surface area contributed by atoms with Crippen LogP contribution in [0.5, 0.6) is 0 Å². The van der Waals surface area contributed by atoms with Gasteiger partial charge in [0.1, 0.15) is 0 Å². The zero-order valence-corrected chi connectivity index (χ0v) is 11.3. The van der Waals surface area contributed by atoms with Crippen LogP contribution in [0.3, 0.4) is 0 Å². The van der Waals surface area contributed by atoms with Gasteiger partial charge in [0.2, 0.25) is 0 Å². The summed E-state index contributed by atoms with van der Waals surface area (Å²) in [6, 6.07) is 5.69. The molecule has 18 heavy (non-hydrogen) atoms. The number of aromatic nitrogens is 4. The van der Waals surface area contributed by atoms with Gasteiger partial charge in [0.05, 0.1) is 12.1 Å². The Morgan fingerprint density at radius 1 is 1.50 bits per heavy atom. The fraction of sp³-hybridized carbons (Fsp3) is 0.273. The van der Waals surface area contributed by atoms with Gasteiger partial charge in [0.25, 0.3) is 0 Å². The Kier molecular flexibility index (Phi) is 3.71. The number of aryl methyl sites for hydroxylation is 2. The number of hydrogen-bond donors (Lipinski definition) is 1. The maximum absolute atomic E-state index is 10.4. The van der Waals surface area contributed by atoms with Crippen LogP contribution < -0.4 is 0 Å². The first-order valence-corrected chi connectivity index (χ1v) is 6.13. The molecular weight excluding hydrogens is 300 g/mol. The highest BCUT2D eigenvalue weighted by molar-refractivity contribution is 9.10. The molecule has 0 saturated heterocycles. The fourth-order valence-corrected chi connectivity index (χ4v) is 1.67. The number of tetrazole rings is 1. The van der Waals surface area contributed by atoms with E-state index in [1.807, 2.05) is 25.1 Å². The van der Waals surface area contributed by atoms with Gasteiger partial charge in [-0.3, -0.25) is 4.79 Å². The molecule has 1 heterocycles. The number of halogens is 1. The van der Waals surface area contributed by atoms with Crippen LogP contribution in [-0.2, 0) is 11.2 Å². The predicted octanol–water partition coefficient (Wildman–Crippen LogP) is 1.75. The highest BCUT2D eigenvalue weighted by Gasteiger charge is 2.07. The summed E-state index contributed by atoms with van der Waals surface area (Å²) in [7, 11) is 0. The lowest BCUT2D eigenvalue weighted by molar-refractivity contribution is -0.137. The van der Waals surface area contributed by atoms with Gasteiger partial charge in [-0.1, -0.05) is 15.9 Å². The van der Waals surface area contributed by atoms with E-state index < -0.39 is 5.97 Å². The van der Waals surface area contributed by atoms with Crippen LogP contribution >= 0.6 is 15.9 Å². The van der Waals surface area contributed by atoms with Crippen molar-refractivity contribution in [3.8, 4) is 5.69 Å². The summed E-state index contributed by atoms with van der Waals surface area (Å²) < 4.78 is 1.01. The normalized spacial score (nSPS) is 10.6. The van der Waals surface area contributed by atoms with Crippen LogP contribution in [0.4, 0.5) is 0 Å². The van der Waals surface area contributed by atoms with Gasteiger partial charge in [-0.15, -0.1) is 15.0 Å². The molecule has 0 radical (unpaired) electrons. The number of rotatable bonds is 4. The molecule has 2 aromatic rings. The average Bonchev–Trinajstić information content (AvgIpc) is 2.79. The number of nitrogens with zero attached hydrogens (tertiary/aromatic N) is 4. The maximum Gasteiger partial charge on any atom is 0.303 e. The molecule has 0 amide bonds. The van der Waals surface area contributed by atoms with Gasteiger partial charge >= 0.3 is 5.97 Å². The second-order valence-electron chi connectivity index (χ2n) is 3.82. The van der Waals surface area contributed by atoms with Gasteiger partial charge in [-0.2, -0.15) is 0 Å². The lowest BCUT2D eigenvalue weighted by Crippen LogP contribution is -2.01. The van der Waals surface area contributed by atoms with E-state index in [9.17, 15) is 4.79 Å². The highest BCUT2D eigenvalue weighted by atomic mass is 79.9. The summed E-state index contributed by atoms with van der Waals surface area (Å²) in [5.74, 6) is -0.441. The van der Waals surface area contributed by atoms with Crippen molar-refractivity contribution in [2.75, 3.05) is 0 Å². The molecule has 0 atom stereocenters. The van der Waals surface area contributed by atoms with Gasteiger partial charge < -0.3 is 5.11 Å². The fourth-order valence-electron chi connectivity index (χ4n) is 1.42. The number of carboxylic acids is 1. The maximum atomic E-state index is 10.4. The van der Waals surface area contributed by atoms with Gasteiger partial charge in [-0.25, -0.2) is 0 Å². The molecular formula is C11H11BrN4O2. The monoisotopic (exact) mass is 310 g/mol. The van der Waals surface area contributed by atoms with Crippen molar-refractivity contribution in [1.29, 1.82) is 0 Å². The second-order valence-corrected chi connectivity index (χ2v) is 4.68. The molecule has 2 rings (SSSR count). The molecule has 1 N–H and O–H groups in total. The largest absolute Gasteiger partial charge is 0.481 e. The SMILES string of the molecule is Cc1cc(-n2nnc(CCC(=O)O)n2)ccc1Br. The molecule has 6 nitrogen and oxygen atoms in total. The number of carboxylic acid groups (broad SMARTS) is 1. The Morgan fingerprint density at radius 3 is 2.94 bits per heavy atom. The highest BCUT2D eigenvalue weighted by Crippen LogP contribution is 2.18. The zero-order valence-electron chi connectivity index (χ0n) is 9.67. The lowest BCUT2D eigenvalue weighted by atomic mass is 10.2. The molecule has 0 fully saturated rings. The Morgan fingerprint density at radius 2 is 2.28 bits per heavy atom. The second kappa shape index (κ2) is 5.26. The molecule has 0 bridgehead atoms. The standard InChI is InChI=1S/C11H11BrN4O2/c1-7-6-8(2-3-9(7)12)16-14-10(13-15-16)4-5-11(17)18/h2-3,6H,4-5H2,1H3,(H,17,18). The summed E-state index contributed by atoms with van der Waals surface area (Å²) in [6.07, 6.45) is 0.288. The summed E-state index contributed by atoms with van der Waals surface area (Å²) in [5.41, 5.74) is 1.86. The van der Waals surface area contributed by atoms with Gasteiger partial charge in [0.15, 0.2) is 5.82 Å². The topological polar surface area (TPSA) is 80.9 Å². The van der Waals surface area contributed by atoms with Crippen LogP contribution in [0.2, 0.25) is 0 Å². The molecule has 0 aliphatic rings. The summed E-state index contributed by atoms with van der Waals surface area (Å²) in [6.45, 7) is 1.97.